The molecule has 0 radical (unpaired) electrons. The fourth-order valence-electron chi connectivity index (χ4n) is 3.35. The summed E-state index contributed by atoms with van der Waals surface area (Å²) in [6, 6.07) is 11.6. The second-order valence-electron chi connectivity index (χ2n) is 6.20. The standard InChI is InChI=1S/C18H20N6O/c1-3-23-15(9-10-19-23)17-21-20-16-12-22(18(25)13(2)24(16)17)11-14-7-5-4-6-8-14/h4-10,13H,3,11-12H2,1-2H3/t13-/m1/s1. The number of aryl methyl sites for hydroxylation is 1. The number of aromatic nitrogens is 5. The van der Waals surface area contributed by atoms with Crippen molar-refractivity contribution in [3.05, 3.63) is 54.0 Å². The van der Waals surface area contributed by atoms with E-state index in [1.807, 2.05) is 64.4 Å². The SMILES string of the molecule is CCn1nccc1-c1nnc2n1[C@H](C)C(=O)N(Cc1ccccc1)C2. The van der Waals surface area contributed by atoms with Crippen LogP contribution in [-0.4, -0.2) is 35.4 Å². The third-order valence-electron chi connectivity index (χ3n) is 4.62. The van der Waals surface area contributed by atoms with Crippen LogP contribution in [0.15, 0.2) is 42.6 Å². The first-order chi connectivity index (χ1) is 12.2. The molecule has 1 aliphatic rings. The van der Waals surface area contributed by atoms with Gasteiger partial charge in [-0.15, -0.1) is 10.2 Å². The first-order valence-electron chi connectivity index (χ1n) is 8.47. The lowest BCUT2D eigenvalue weighted by molar-refractivity contribution is -0.137. The van der Waals surface area contributed by atoms with E-state index in [-0.39, 0.29) is 11.9 Å². The molecule has 25 heavy (non-hydrogen) atoms. The van der Waals surface area contributed by atoms with Gasteiger partial charge in [0.2, 0.25) is 5.91 Å². The van der Waals surface area contributed by atoms with E-state index in [0.29, 0.717) is 18.9 Å². The largest absolute Gasteiger partial charge is 0.329 e. The second-order valence-corrected chi connectivity index (χ2v) is 6.20. The number of fused-ring (bicyclic) bond motifs is 1. The Morgan fingerprint density at radius 3 is 2.72 bits per heavy atom. The summed E-state index contributed by atoms with van der Waals surface area (Å²) in [6.07, 6.45) is 1.75. The molecule has 2 aromatic heterocycles. The minimum Gasteiger partial charge on any atom is -0.329 e. The highest BCUT2D eigenvalue weighted by Crippen LogP contribution is 2.29. The van der Waals surface area contributed by atoms with Gasteiger partial charge in [0.25, 0.3) is 0 Å². The van der Waals surface area contributed by atoms with Gasteiger partial charge in [0, 0.05) is 19.3 Å². The minimum atomic E-state index is -0.335. The molecule has 0 spiro atoms. The van der Waals surface area contributed by atoms with E-state index in [0.717, 1.165) is 23.6 Å². The van der Waals surface area contributed by atoms with Gasteiger partial charge in [0.15, 0.2) is 11.6 Å². The number of benzene rings is 1. The summed E-state index contributed by atoms with van der Waals surface area (Å²) in [4.78, 5) is 14.7. The zero-order valence-corrected chi connectivity index (χ0v) is 14.3. The quantitative estimate of drug-likeness (QED) is 0.733. The highest BCUT2D eigenvalue weighted by Gasteiger charge is 2.34. The van der Waals surface area contributed by atoms with E-state index in [4.69, 9.17) is 0 Å². The number of rotatable bonds is 4. The molecular formula is C18H20N6O. The molecule has 1 atom stereocenters. The maximum absolute atomic E-state index is 12.9. The van der Waals surface area contributed by atoms with E-state index in [2.05, 4.69) is 15.3 Å². The summed E-state index contributed by atoms with van der Waals surface area (Å²) in [7, 11) is 0. The maximum Gasteiger partial charge on any atom is 0.246 e. The minimum absolute atomic E-state index is 0.0833. The first kappa shape index (κ1) is 15.6. The van der Waals surface area contributed by atoms with E-state index in [1.54, 1.807) is 6.20 Å². The number of carbonyl (C=O) groups is 1. The first-order valence-corrected chi connectivity index (χ1v) is 8.47. The summed E-state index contributed by atoms with van der Waals surface area (Å²) in [5.41, 5.74) is 2.00. The summed E-state index contributed by atoms with van der Waals surface area (Å²) in [5.74, 6) is 1.59. The van der Waals surface area contributed by atoms with E-state index in [1.165, 1.54) is 0 Å². The summed E-state index contributed by atoms with van der Waals surface area (Å²) in [6.45, 7) is 5.72. The van der Waals surface area contributed by atoms with Crippen molar-refractivity contribution in [2.45, 2.75) is 39.5 Å². The monoisotopic (exact) mass is 336 g/mol. The van der Waals surface area contributed by atoms with Gasteiger partial charge in [-0.2, -0.15) is 5.10 Å². The van der Waals surface area contributed by atoms with Crippen LogP contribution in [0.5, 0.6) is 0 Å². The van der Waals surface area contributed by atoms with Crippen LogP contribution >= 0.6 is 0 Å². The molecule has 128 valence electrons. The van der Waals surface area contributed by atoms with Crippen molar-refractivity contribution in [3.63, 3.8) is 0 Å². The summed E-state index contributed by atoms with van der Waals surface area (Å²) >= 11 is 0. The van der Waals surface area contributed by atoms with E-state index < -0.39 is 0 Å². The predicted octanol–water partition coefficient (Wildman–Crippen LogP) is 2.26. The lowest BCUT2D eigenvalue weighted by Gasteiger charge is -2.32. The van der Waals surface area contributed by atoms with Crippen LogP contribution in [0.3, 0.4) is 0 Å². The topological polar surface area (TPSA) is 68.8 Å². The van der Waals surface area contributed by atoms with Crippen LogP contribution in [0.25, 0.3) is 11.5 Å². The molecule has 1 aliphatic heterocycles. The summed E-state index contributed by atoms with van der Waals surface area (Å²) < 4.78 is 3.80. The van der Waals surface area contributed by atoms with Gasteiger partial charge in [-0.25, -0.2) is 0 Å². The molecule has 3 aromatic rings. The zero-order valence-electron chi connectivity index (χ0n) is 14.3. The Kier molecular flexibility index (Phi) is 3.83. The van der Waals surface area contributed by atoms with Crippen LogP contribution in [0, 0.1) is 0 Å². The van der Waals surface area contributed by atoms with Crippen LogP contribution in [0.2, 0.25) is 0 Å². The fourth-order valence-corrected chi connectivity index (χ4v) is 3.35. The molecule has 7 heteroatoms. The molecule has 0 fully saturated rings. The van der Waals surface area contributed by atoms with Crippen LogP contribution in [-0.2, 0) is 24.4 Å². The van der Waals surface area contributed by atoms with Gasteiger partial charge in [-0.1, -0.05) is 30.3 Å². The Bertz CT molecular complexity index is 897. The molecule has 1 amide bonds. The number of carbonyl (C=O) groups excluding carboxylic acids is 1. The molecule has 0 N–H and O–H groups in total. The Hall–Kier alpha value is -2.96. The smallest absolute Gasteiger partial charge is 0.246 e. The molecule has 7 nitrogen and oxygen atoms in total. The highest BCUT2D eigenvalue weighted by atomic mass is 16.2. The van der Waals surface area contributed by atoms with Gasteiger partial charge < -0.3 is 4.90 Å². The van der Waals surface area contributed by atoms with Crippen LogP contribution in [0.4, 0.5) is 0 Å². The normalized spacial score (nSPS) is 17.0. The van der Waals surface area contributed by atoms with Crippen molar-refractivity contribution in [2.24, 2.45) is 0 Å². The maximum atomic E-state index is 12.9. The van der Waals surface area contributed by atoms with Crippen LogP contribution < -0.4 is 0 Å². The second kappa shape index (κ2) is 6.16. The predicted molar refractivity (Wildman–Crippen MR) is 92.3 cm³/mol. The number of amides is 1. The van der Waals surface area contributed by atoms with Gasteiger partial charge in [0.05, 0.1) is 6.54 Å². The average Bonchev–Trinajstić information content (AvgIpc) is 3.26. The Labute approximate surface area is 145 Å². The van der Waals surface area contributed by atoms with Crippen molar-refractivity contribution < 1.29 is 4.79 Å². The van der Waals surface area contributed by atoms with E-state index >= 15 is 0 Å². The number of hydrogen-bond donors (Lipinski definition) is 0. The Morgan fingerprint density at radius 1 is 1.16 bits per heavy atom. The highest BCUT2D eigenvalue weighted by molar-refractivity contribution is 5.81. The number of nitrogens with zero attached hydrogens (tertiary/aromatic N) is 6. The molecule has 0 saturated carbocycles. The van der Waals surface area contributed by atoms with Crippen molar-refractivity contribution in [1.29, 1.82) is 0 Å². The zero-order chi connectivity index (χ0) is 17.4. The molecule has 0 bridgehead atoms. The average molecular weight is 336 g/mol. The molecule has 3 heterocycles. The van der Waals surface area contributed by atoms with Crippen molar-refractivity contribution in [2.75, 3.05) is 0 Å². The van der Waals surface area contributed by atoms with Gasteiger partial charge >= 0.3 is 0 Å². The van der Waals surface area contributed by atoms with Crippen molar-refractivity contribution >= 4 is 5.91 Å². The lowest BCUT2D eigenvalue weighted by Crippen LogP contribution is -2.41. The third-order valence-corrected chi connectivity index (χ3v) is 4.62. The van der Waals surface area contributed by atoms with Crippen molar-refractivity contribution in [3.8, 4) is 11.5 Å². The van der Waals surface area contributed by atoms with Crippen LogP contribution in [0.1, 0.15) is 31.3 Å². The molecular weight excluding hydrogens is 316 g/mol. The Balaban J connectivity index is 1.68. The Morgan fingerprint density at radius 2 is 1.96 bits per heavy atom. The molecule has 0 saturated heterocycles. The van der Waals surface area contributed by atoms with Gasteiger partial charge in [0.1, 0.15) is 11.7 Å². The van der Waals surface area contributed by atoms with Gasteiger partial charge in [-0.3, -0.25) is 14.0 Å². The molecule has 0 aliphatic carbocycles. The summed E-state index contributed by atoms with van der Waals surface area (Å²) in [5, 5.41) is 13.0. The number of hydrogen-bond acceptors (Lipinski definition) is 4. The third kappa shape index (κ3) is 2.61. The van der Waals surface area contributed by atoms with Gasteiger partial charge in [-0.05, 0) is 25.5 Å². The van der Waals surface area contributed by atoms with E-state index in [9.17, 15) is 4.79 Å². The van der Waals surface area contributed by atoms with Crippen molar-refractivity contribution in [1.82, 2.24) is 29.4 Å². The fraction of sp³-hybridized carbons (Fsp3) is 0.333. The molecule has 1 aromatic carbocycles. The lowest BCUT2D eigenvalue weighted by atomic mass is 10.1. The molecule has 4 rings (SSSR count). The molecule has 0 unspecified atom stereocenters.